The third-order valence-corrected chi connectivity index (χ3v) is 5.31. The van der Waals surface area contributed by atoms with Gasteiger partial charge < -0.3 is 10.2 Å². The Balaban J connectivity index is 1.55. The second-order valence-electron chi connectivity index (χ2n) is 5.84. The lowest BCUT2D eigenvalue weighted by Gasteiger charge is -2.16. The standard InChI is InChI=1S/C17H21N3O2S/c1-2-12-6-5-7-13(10-12)18-15(21)11-14-16(22)19-17(23-14)20-8-3-4-9-20/h5-7,10,14H,2-4,8-9,11H2,1H3,(H,18,21)/t14-/m0/s1. The number of thioether (sulfide) groups is 1. The number of anilines is 1. The van der Waals surface area contributed by atoms with Gasteiger partial charge >= 0.3 is 0 Å². The molecule has 5 nitrogen and oxygen atoms in total. The number of nitrogens with zero attached hydrogens (tertiary/aromatic N) is 2. The number of nitrogens with one attached hydrogen (secondary N) is 1. The van der Waals surface area contributed by atoms with Crippen LogP contribution in [-0.4, -0.2) is 40.2 Å². The van der Waals surface area contributed by atoms with E-state index in [1.807, 2.05) is 24.3 Å². The number of likely N-dealkylation sites (tertiary alicyclic amines) is 1. The third-order valence-electron chi connectivity index (χ3n) is 4.10. The fraction of sp³-hybridized carbons (Fsp3) is 0.471. The molecule has 0 saturated carbocycles. The fourth-order valence-electron chi connectivity index (χ4n) is 2.80. The van der Waals surface area contributed by atoms with Gasteiger partial charge in [-0.2, -0.15) is 4.99 Å². The van der Waals surface area contributed by atoms with E-state index >= 15 is 0 Å². The van der Waals surface area contributed by atoms with Crippen molar-refractivity contribution in [3.05, 3.63) is 29.8 Å². The van der Waals surface area contributed by atoms with Gasteiger partial charge in [0.25, 0.3) is 5.91 Å². The lowest BCUT2D eigenvalue weighted by Crippen LogP contribution is -2.25. The number of amidine groups is 1. The summed E-state index contributed by atoms with van der Waals surface area (Å²) in [6, 6.07) is 7.79. The Hall–Kier alpha value is -1.82. The van der Waals surface area contributed by atoms with Gasteiger partial charge in [0.15, 0.2) is 5.17 Å². The van der Waals surface area contributed by atoms with Gasteiger partial charge in [0.1, 0.15) is 5.25 Å². The van der Waals surface area contributed by atoms with E-state index in [0.717, 1.165) is 43.2 Å². The minimum Gasteiger partial charge on any atom is -0.351 e. The van der Waals surface area contributed by atoms with Gasteiger partial charge in [-0.25, -0.2) is 0 Å². The molecule has 2 aliphatic rings. The molecule has 122 valence electrons. The number of aliphatic imine (C=N–C) groups is 1. The molecule has 3 rings (SSSR count). The zero-order chi connectivity index (χ0) is 16.2. The number of hydrogen-bond acceptors (Lipinski definition) is 4. The number of carbonyl (C=O) groups is 2. The molecule has 0 unspecified atom stereocenters. The molecule has 2 aliphatic heterocycles. The zero-order valence-electron chi connectivity index (χ0n) is 13.2. The Morgan fingerprint density at radius 3 is 2.91 bits per heavy atom. The molecule has 1 atom stereocenters. The number of aryl methyl sites for hydroxylation is 1. The summed E-state index contributed by atoms with van der Waals surface area (Å²) in [6.45, 7) is 4.00. The smallest absolute Gasteiger partial charge is 0.262 e. The maximum Gasteiger partial charge on any atom is 0.262 e. The first-order valence-corrected chi connectivity index (χ1v) is 8.96. The molecule has 1 aromatic rings. The van der Waals surface area contributed by atoms with Crippen LogP contribution in [0.3, 0.4) is 0 Å². The number of amides is 2. The van der Waals surface area contributed by atoms with E-state index in [1.165, 1.54) is 17.3 Å². The van der Waals surface area contributed by atoms with Crippen molar-refractivity contribution in [2.24, 2.45) is 4.99 Å². The molecule has 6 heteroatoms. The molecule has 0 spiro atoms. The van der Waals surface area contributed by atoms with E-state index in [4.69, 9.17) is 0 Å². The number of benzene rings is 1. The van der Waals surface area contributed by atoms with Gasteiger partial charge in [0, 0.05) is 25.2 Å². The van der Waals surface area contributed by atoms with E-state index in [0.29, 0.717) is 0 Å². The van der Waals surface area contributed by atoms with Crippen molar-refractivity contribution in [2.45, 2.75) is 37.9 Å². The van der Waals surface area contributed by atoms with Crippen LogP contribution < -0.4 is 5.32 Å². The molecule has 2 amide bonds. The van der Waals surface area contributed by atoms with Crippen LogP contribution in [0.25, 0.3) is 0 Å². The average Bonchev–Trinajstić information content (AvgIpc) is 3.18. The van der Waals surface area contributed by atoms with Crippen molar-refractivity contribution in [1.29, 1.82) is 0 Å². The number of hydrogen-bond donors (Lipinski definition) is 1. The largest absolute Gasteiger partial charge is 0.351 e. The van der Waals surface area contributed by atoms with Gasteiger partial charge in [0.2, 0.25) is 5.91 Å². The summed E-state index contributed by atoms with van der Waals surface area (Å²) in [6.07, 6.45) is 3.38. The molecule has 0 bridgehead atoms. The summed E-state index contributed by atoms with van der Waals surface area (Å²) in [7, 11) is 0. The summed E-state index contributed by atoms with van der Waals surface area (Å²) >= 11 is 1.43. The summed E-state index contributed by atoms with van der Waals surface area (Å²) in [5, 5.41) is 3.28. The van der Waals surface area contributed by atoms with Crippen molar-refractivity contribution >= 4 is 34.4 Å². The Kier molecular flexibility index (Phi) is 5.00. The second kappa shape index (κ2) is 7.17. The normalized spacial score (nSPS) is 20.7. The van der Waals surface area contributed by atoms with Gasteiger partial charge in [-0.3, -0.25) is 9.59 Å². The molecule has 0 radical (unpaired) electrons. The van der Waals surface area contributed by atoms with E-state index in [9.17, 15) is 9.59 Å². The Morgan fingerprint density at radius 2 is 2.17 bits per heavy atom. The number of carbonyl (C=O) groups excluding carboxylic acids is 2. The highest BCUT2D eigenvalue weighted by molar-refractivity contribution is 8.15. The summed E-state index contributed by atoms with van der Waals surface area (Å²) in [5.74, 6) is -0.323. The monoisotopic (exact) mass is 331 g/mol. The summed E-state index contributed by atoms with van der Waals surface area (Å²) in [5.41, 5.74) is 1.96. The van der Waals surface area contributed by atoms with Gasteiger partial charge in [0.05, 0.1) is 0 Å². The molecule has 1 fully saturated rings. The Bertz CT molecular complexity index is 638. The van der Waals surface area contributed by atoms with Crippen LogP contribution >= 0.6 is 11.8 Å². The molecular weight excluding hydrogens is 310 g/mol. The van der Waals surface area contributed by atoms with Gasteiger partial charge in [-0.15, -0.1) is 0 Å². The lowest BCUT2D eigenvalue weighted by molar-refractivity contribution is -0.121. The van der Waals surface area contributed by atoms with Crippen LogP contribution in [0, 0.1) is 0 Å². The fourth-order valence-corrected chi connectivity index (χ4v) is 3.92. The van der Waals surface area contributed by atoms with Gasteiger partial charge in [-0.05, 0) is 37.0 Å². The molecule has 1 N–H and O–H groups in total. The minimum absolute atomic E-state index is 0.137. The topological polar surface area (TPSA) is 61.8 Å². The van der Waals surface area contributed by atoms with Gasteiger partial charge in [-0.1, -0.05) is 30.8 Å². The average molecular weight is 331 g/mol. The Morgan fingerprint density at radius 1 is 1.39 bits per heavy atom. The quantitative estimate of drug-likeness (QED) is 0.921. The van der Waals surface area contributed by atoms with E-state index in [1.54, 1.807) is 0 Å². The first-order chi connectivity index (χ1) is 11.2. The summed E-state index contributed by atoms with van der Waals surface area (Å²) in [4.78, 5) is 30.5. The third kappa shape index (κ3) is 3.93. The predicted octanol–water partition coefficient (Wildman–Crippen LogP) is 2.67. The SMILES string of the molecule is CCc1cccc(NC(=O)C[C@@H]2SC(N3CCCC3)=NC2=O)c1. The second-order valence-corrected chi connectivity index (χ2v) is 7.01. The van der Waals surface area contributed by atoms with Crippen LogP contribution in [-0.2, 0) is 16.0 Å². The lowest BCUT2D eigenvalue weighted by atomic mass is 10.1. The van der Waals surface area contributed by atoms with Crippen LogP contribution in [0.1, 0.15) is 31.7 Å². The summed E-state index contributed by atoms with van der Waals surface area (Å²) < 4.78 is 0. The maximum atomic E-state index is 12.2. The molecule has 0 aromatic heterocycles. The van der Waals surface area contributed by atoms with Crippen molar-refractivity contribution in [2.75, 3.05) is 18.4 Å². The van der Waals surface area contributed by atoms with E-state index in [-0.39, 0.29) is 23.5 Å². The van der Waals surface area contributed by atoms with E-state index < -0.39 is 0 Å². The highest BCUT2D eigenvalue weighted by Crippen LogP contribution is 2.29. The van der Waals surface area contributed by atoms with Crippen molar-refractivity contribution in [3.8, 4) is 0 Å². The molecule has 23 heavy (non-hydrogen) atoms. The first kappa shape index (κ1) is 16.1. The van der Waals surface area contributed by atoms with Crippen LogP contribution in [0.5, 0.6) is 0 Å². The predicted molar refractivity (Wildman–Crippen MR) is 93.7 cm³/mol. The molecule has 1 saturated heterocycles. The first-order valence-electron chi connectivity index (χ1n) is 8.08. The Labute approximate surface area is 140 Å². The zero-order valence-corrected chi connectivity index (χ0v) is 14.1. The van der Waals surface area contributed by atoms with Crippen molar-refractivity contribution in [3.63, 3.8) is 0 Å². The van der Waals surface area contributed by atoms with Crippen LogP contribution in [0.2, 0.25) is 0 Å². The molecular formula is C17H21N3O2S. The van der Waals surface area contributed by atoms with Crippen molar-refractivity contribution < 1.29 is 9.59 Å². The molecule has 1 aromatic carbocycles. The highest BCUT2D eigenvalue weighted by Gasteiger charge is 2.33. The van der Waals surface area contributed by atoms with Crippen LogP contribution in [0.15, 0.2) is 29.3 Å². The highest BCUT2D eigenvalue weighted by atomic mass is 32.2. The maximum absolute atomic E-state index is 12.2. The van der Waals surface area contributed by atoms with Crippen LogP contribution in [0.4, 0.5) is 5.69 Å². The molecule has 2 heterocycles. The van der Waals surface area contributed by atoms with Crippen molar-refractivity contribution in [1.82, 2.24) is 4.90 Å². The van der Waals surface area contributed by atoms with E-state index in [2.05, 4.69) is 22.1 Å². The molecule has 0 aliphatic carbocycles. The minimum atomic E-state index is -0.389. The number of rotatable bonds is 4.